The highest BCUT2D eigenvalue weighted by atomic mass is 35.5. The van der Waals surface area contributed by atoms with Crippen LogP contribution in [0.3, 0.4) is 0 Å². The van der Waals surface area contributed by atoms with Crippen molar-refractivity contribution in [2.75, 3.05) is 7.11 Å². The minimum absolute atomic E-state index is 0. The van der Waals surface area contributed by atoms with Gasteiger partial charge in [0, 0.05) is 15.5 Å². The van der Waals surface area contributed by atoms with Crippen LogP contribution in [-0.2, 0) is 0 Å². The fourth-order valence-electron chi connectivity index (χ4n) is 1.57. The minimum atomic E-state index is -0.186. The van der Waals surface area contributed by atoms with Crippen LogP contribution < -0.4 is 10.5 Å². The first kappa shape index (κ1) is 14.3. The van der Waals surface area contributed by atoms with Gasteiger partial charge in [-0.2, -0.15) is 0 Å². The molecule has 5 heteroatoms. The largest absolute Gasteiger partial charge is 0.496 e. The van der Waals surface area contributed by atoms with Gasteiger partial charge in [-0.05, 0) is 29.6 Å². The lowest BCUT2D eigenvalue weighted by molar-refractivity contribution is 0.408. The third-order valence-corrected chi connectivity index (χ3v) is 3.57. The van der Waals surface area contributed by atoms with Gasteiger partial charge in [0.2, 0.25) is 0 Å². The molecule has 0 amide bonds. The van der Waals surface area contributed by atoms with Crippen molar-refractivity contribution in [3.05, 3.63) is 51.2 Å². The minimum Gasteiger partial charge on any atom is -0.496 e. The second kappa shape index (κ2) is 6.26. The van der Waals surface area contributed by atoms with E-state index in [1.807, 2.05) is 29.6 Å². The first-order valence-corrected chi connectivity index (χ1v) is 6.10. The average molecular weight is 290 g/mol. The summed E-state index contributed by atoms with van der Waals surface area (Å²) in [5, 5.41) is 2.68. The Morgan fingerprint density at radius 1 is 1.35 bits per heavy atom. The standard InChI is InChI=1S/C12H12ClNOS.ClH/c1-15-10-5-4-8(13)7-9(10)12(14)11-3-2-6-16-11;/h2-7,12H,14H2,1H3;1H/t12-;/m1./s1. The number of nitrogens with two attached hydrogens (primary N) is 1. The zero-order valence-electron chi connectivity index (χ0n) is 9.22. The van der Waals surface area contributed by atoms with E-state index in [0.717, 1.165) is 16.2 Å². The Bertz CT molecular complexity index is 473. The van der Waals surface area contributed by atoms with Crippen LogP contribution in [-0.4, -0.2) is 7.11 Å². The Hall–Kier alpha value is -0.740. The molecule has 2 aromatic rings. The molecule has 0 saturated carbocycles. The smallest absolute Gasteiger partial charge is 0.124 e. The monoisotopic (exact) mass is 289 g/mol. The second-order valence-electron chi connectivity index (χ2n) is 3.38. The summed E-state index contributed by atoms with van der Waals surface area (Å²) in [6.45, 7) is 0. The van der Waals surface area contributed by atoms with Crippen molar-refractivity contribution in [3.8, 4) is 5.75 Å². The zero-order chi connectivity index (χ0) is 11.5. The summed E-state index contributed by atoms with van der Waals surface area (Å²) < 4.78 is 5.29. The van der Waals surface area contributed by atoms with Crippen LogP contribution in [0.2, 0.25) is 5.02 Å². The van der Waals surface area contributed by atoms with E-state index < -0.39 is 0 Å². The number of ether oxygens (including phenoxy) is 1. The number of rotatable bonds is 3. The molecule has 0 saturated heterocycles. The highest BCUT2D eigenvalue weighted by Crippen LogP contribution is 2.32. The predicted octanol–water partition coefficient (Wildman–Crippen LogP) is 3.88. The molecular weight excluding hydrogens is 277 g/mol. The van der Waals surface area contributed by atoms with Gasteiger partial charge in [-0.25, -0.2) is 0 Å². The quantitative estimate of drug-likeness (QED) is 0.931. The normalized spacial score (nSPS) is 11.7. The van der Waals surface area contributed by atoms with Gasteiger partial charge in [0.15, 0.2) is 0 Å². The Labute approximate surface area is 116 Å². The van der Waals surface area contributed by atoms with Crippen LogP contribution in [0.25, 0.3) is 0 Å². The molecule has 2 N–H and O–H groups in total. The molecule has 2 nitrogen and oxygen atoms in total. The molecule has 17 heavy (non-hydrogen) atoms. The molecule has 0 aliphatic heterocycles. The maximum atomic E-state index is 6.18. The van der Waals surface area contributed by atoms with Gasteiger partial charge in [0.1, 0.15) is 5.75 Å². The van der Waals surface area contributed by atoms with Gasteiger partial charge in [-0.15, -0.1) is 23.7 Å². The van der Waals surface area contributed by atoms with Crippen molar-refractivity contribution in [3.63, 3.8) is 0 Å². The van der Waals surface area contributed by atoms with Crippen LogP contribution in [0.15, 0.2) is 35.7 Å². The lowest BCUT2D eigenvalue weighted by Crippen LogP contribution is -2.11. The van der Waals surface area contributed by atoms with Crippen LogP contribution in [0.5, 0.6) is 5.75 Å². The summed E-state index contributed by atoms with van der Waals surface area (Å²) in [5.74, 6) is 0.769. The molecule has 0 aliphatic carbocycles. The maximum absolute atomic E-state index is 6.18. The number of halogens is 2. The number of methoxy groups -OCH3 is 1. The molecule has 1 heterocycles. The van der Waals surface area contributed by atoms with Crippen LogP contribution in [0, 0.1) is 0 Å². The van der Waals surface area contributed by atoms with E-state index in [1.165, 1.54) is 0 Å². The van der Waals surface area contributed by atoms with Crippen molar-refractivity contribution < 1.29 is 4.74 Å². The average Bonchev–Trinajstić information content (AvgIpc) is 2.81. The van der Waals surface area contributed by atoms with Crippen LogP contribution >= 0.6 is 35.3 Å². The molecule has 0 spiro atoms. The SMILES string of the molecule is COc1ccc(Cl)cc1[C@@H](N)c1cccs1.Cl. The fraction of sp³-hybridized carbons (Fsp3) is 0.167. The van der Waals surface area contributed by atoms with E-state index in [0.29, 0.717) is 5.02 Å². The van der Waals surface area contributed by atoms with Gasteiger partial charge in [-0.1, -0.05) is 17.7 Å². The summed E-state index contributed by atoms with van der Waals surface area (Å²) in [6.07, 6.45) is 0. The van der Waals surface area contributed by atoms with E-state index in [9.17, 15) is 0 Å². The highest BCUT2D eigenvalue weighted by Gasteiger charge is 2.15. The Balaban J connectivity index is 0.00000144. The van der Waals surface area contributed by atoms with Gasteiger partial charge in [0.05, 0.1) is 13.2 Å². The summed E-state index contributed by atoms with van der Waals surface area (Å²) in [6, 6.07) is 9.29. The lowest BCUT2D eigenvalue weighted by atomic mass is 10.1. The third-order valence-electron chi connectivity index (χ3n) is 2.38. The van der Waals surface area contributed by atoms with Crippen molar-refractivity contribution >= 4 is 35.3 Å². The molecule has 2 rings (SSSR count). The summed E-state index contributed by atoms with van der Waals surface area (Å²) in [4.78, 5) is 1.10. The molecule has 1 atom stereocenters. The number of hydrogen-bond acceptors (Lipinski definition) is 3. The summed E-state index contributed by atoms with van der Waals surface area (Å²) >= 11 is 7.60. The topological polar surface area (TPSA) is 35.2 Å². The lowest BCUT2D eigenvalue weighted by Gasteiger charge is -2.14. The Kier molecular flexibility index (Phi) is 5.28. The number of hydrogen-bond donors (Lipinski definition) is 1. The van der Waals surface area contributed by atoms with Crippen molar-refractivity contribution in [2.45, 2.75) is 6.04 Å². The maximum Gasteiger partial charge on any atom is 0.124 e. The van der Waals surface area contributed by atoms with Gasteiger partial charge >= 0.3 is 0 Å². The van der Waals surface area contributed by atoms with Crippen molar-refractivity contribution in [1.29, 1.82) is 0 Å². The third kappa shape index (κ3) is 3.13. The summed E-state index contributed by atoms with van der Waals surface area (Å²) in [7, 11) is 1.63. The van der Waals surface area contributed by atoms with E-state index in [-0.39, 0.29) is 18.4 Å². The van der Waals surface area contributed by atoms with Crippen LogP contribution in [0.1, 0.15) is 16.5 Å². The first-order valence-electron chi connectivity index (χ1n) is 4.85. The molecule has 92 valence electrons. The molecule has 1 aromatic carbocycles. The fourth-order valence-corrected chi connectivity index (χ4v) is 2.50. The highest BCUT2D eigenvalue weighted by molar-refractivity contribution is 7.10. The Morgan fingerprint density at radius 3 is 2.71 bits per heavy atom. The Morgan fingerprint density at radius 2 is 2.12 bits per heavy atom. The summed E-state index contributed by atoms with van der Waals surface area (Å²) in [5.41, 5.74) is 7.09. The van der Waals surface area contributed by atoms with Crippen molar-refractivity contribution in [1.82, 2.24) is 0 Å². The predicted molar refractivity (Wildman–Crippen MR) is 75.6 cm³/mol. The van der Waals surface area contributed by atoms with E-state index >= 15 is 0 Å². The van der Waals surface area contributed by atoms with Crippen LogP contribution in [0.4, 0.5) is 0 Å². The molecule has 0 fully saturated rings. The molecular formula is C12H13Cl2NOS. The van der Waals surface area contributed by atoms with Gasteiger partial charge in [0.25, 0.3) is 0 Å². The zero-order valence-corrected chi connectivity index (χ0v) is 11.6. The first-order chi connectivity index (χ1) is 7.72. The van der Waals surface area contributed by atoms with Gasteiger partial charge in [-0.3, -0.25) is 0 Å². The van der Waals surface area contributed by atoms with Crippen molar-refractivity contribution in [2.24, 2.45) is 5.73 Å². The number of thiophene rings is 1. The molecule has 0 unspecified atom stereocenters. The number of benzene rings is 1. The van der Waals surface area contributed by atoms with E-state index in [1.54, 1.807) is 24.5 Å². The van der Waals surface area contributed by atoms with E-state index in [4.69, 9.17) is 22.1 Å². The van der Waals surface area contributed by atoms with Gasteiger partial charge < -0.3 is 10.5 Å². The molecule has 0 bridgehead atoms. The van der Waals surface area contributed by atoms with E-state index in [2.05, 4.69) is 0 Å². The second-order valence-corrected chi connectivity index (χ2v) is 4.80. The molecule has 0 radical (unpaired) electrons. The molecule has 0 aliphatic rings. The molecule has 1 aromatic heterocycles.